The molecule has 3 aromatic rings. The molecular formula is C30H35ClN2O3. The second kappa shape index (κ2) is 13.7. The molecule has 190 valence electrons. The maximum atomic E-state index is 13.6. The first-order valence-electron chi connectivity index (χ1n) is 12.4. The molecule has 0 bridgehead atoms. The lowest BCUT2D eigenvalue weighted by Crippen LogP contribution is -2.52. The number of nitrogens with zero attached hydrogens (tertiary/aromatic N) is 1. The van der Waals surface area contributed by atoms with Crippen molar-refractivity contribution in [2.75, 3.05) is 13.2 Å². The Bertz CT molecular complexity index is 1100. The van der Waals surface area contributed by atoms with Gasteiger partial charge in [0.1, 0.15) is 11.8 Å². The number of ether oxygens (including phenoxy) is 1. The zero-order valence-corrected chi connectivity index (χ0v) is 22.0. The molecule has 1 N–H and O–H groups in total. The zero-order valence-electron chi connectivity index (χ0n) is 21.2. The van der Waals surface area contributed by atoms with Crippen LogP contribution in [-0.2, 0) is 29.0 Å². The topological polar surface area (TPSA) is 58.6 Å². The molecule has 36 heavy (non-hydrogen) atoms. The van der Waals surface area contributed by atoms with Crippen molar-refractivity contribution in [3.63, 3.8) is 0 Å². The number of carbonyl (C=O) groups excluding carboxylic acids is 2. The van der Waals surface area contributed by atoms with Crippen LogP contribution in [0.4, 0.5) is 0 Å². The van der Waals surface area contributed by atoms with Gasteiger partial charge >= 0.3 is 0 Å². The molecule has 5 nitrogen and oxygen atoms in total. The number of aryl methyl sites for hydroxylation is 1. The van der Waals surface area contributed by atoms with Crippen LogP contribution >= 0.6 is 11.6 Å². The molecule has 0 fully saturated rings. The van der Waals surface area contributed by atoms with Crippen molar-refractivity contribution in [2.45, 2.75) is 46.2 Å². The first-order valence-corrected chi connectivity index (χ1v) is 12.8. The van der Waals surface area contributed by atoms with Gasteiger partial charge in [-0.3, -0.25) is 9.59 Å². The Hall–Kier alpha value is -3.31. The average molecular weight is 507 g/mol. The molecule has 3 rings (SSSR count). The van der Waals surface area contributed by atoms with E-state index in [1.165, 1.54) is 5.56 Å². The molecule has 0 spiro atoms. The minimum absolute atomic E-state index is 0.165. The van der Waals surface area contributed by atoms with E-state index < -0.39 is 6.04 Å². The fraction of sp³-hybridized carbons (Fsp3) is 0.333. The van der Waals surface area contributed by atoms with Gasteiger partial charge in [-0.05, 0) is 53.3 Å². The fourth-order valence-corrected chi connectivity index (χ4v) is 3.94. The first kappa shape index (κ1) is 27.3. The van der Waals surface area contributed by atoms with Gasteiger partial charge < -0.3 is 15.0 Å². The summed E-state index contributed by atoms with van der Waals surface area (Å²) in [6.45, 7) is 6.81. The Morgan fingerprint density at radius 1 is 0.889 bits per heavy atom. The molecule has 6 heteroatoms. The van der Waals surface area contributed by atoms with Crippen LogP contribution in [-0.4, -0.2) is 35.9 Å². The van der Waals surface area contributed by atoms with Crippen molar-refractivity contribution in [3.05, 3.63) is 101 Å². The van der Waals surface area contributed by atoms with Gasteiger partial charge in [-0.1, -0.05) is 87.0 Å². The summed E-state index contributed by atoms with van der Waals surface area (Å²) < 4.78 is 5.84. The normalized spacial score (nSPS) is 11.7. The highest BCUT2D eigenvalue weighted by Crippen LogP contribution is 2.18. The van der Waals surface area contributed by atoms with E-state index in [2.05, 4.69) is 12.2 Å². The number of carbonyl (C=O) groups is 2. The summed E-state index contributed by atoms with van der Waals surface area (Å²) in [6, 6.07) is 24.1. The lowest BCUT2D eigenvalue weighted by atomic mass is 10.0. The van der Waals surface area contributed by atoms with Crippen LogP contribution in [0.2, 0.25) is 5.02 Å². The average Bonchev–Trinajstić information content (AvgIpc) is 2.89. The van der Waals surface area contributed by atoms with E-state index >= 15 is 0 Å². The molecular weight excluding hydrogens is 472 g/mol. The van der Waals surface area contributed by atoms with E-state index in [4.69, 9.17) is 16.3 Å². The lowest BCUT2D eigenvalue weighted by Gasteiger charge is -2.31. The van der Waals surface area contributed by atoms with Crippen LogP contribution in [0.5, 0.6) is 5.75 Å². The molecule has 1 atom stereocenters. The van der Waals surface area contributed by atoms with Crippen LogP contribution in [0.15, 0.2) is 78.9 Å². The molecule has 0 aliphatic rings. The summed E-state index contributed by atoms with van der Waals surface area (Å²) in [6.07, 6.45) is 1.33. The van der Waals surface area contributed by atoms with Crippen molar-refractivity contribution in [1.29, 1.82) is 0 Å². The zero-order chi connectivity index (χ0) is 25.9. The smallest absolute Gasteiger partial charge is 0.261 e. The molecule has 0 aliphatic heterocycles. The van der Waals surface area contributed by atoms with Crippen LogP contribution in [0.1, 0.15) is 37.5 Å². The number of benzene rings is 3. The molecule has 1 unspecified atom stereocenters. The highest BCUT2D eigenvalue weighted by Gasteiger charge is 2.30. The fourth-order valence-electron chi connectivity index (χ4n) is 3.81. The third-order valence-electron chi connectivity index (χ3n) is 5.92. The number of rotatable bonds is 12. The Morgan fingerprint density at radius 2 is 1.53 bits per heavy atom. The largest absolute Gasteiger partial charge is 0.484 e. The van der Waals surface area contributed by atoms with E-state index in [1.807, 2.05) is 80.6 Å². The molecule has 0 saturated heterocycles. The summed E-state index contributed by atoms with van der Waals surface area (Å²) in [4.78, 5) is 28.6. The Morgan fingerprint density at radius 3 is 2.14 bits per heavy atom. The van der Waals surface area contributed by atoms with E-state index in [-0.39, 0.29) is 25.0 Å². The van der Waals surface area contributed by atoms with Gasteiger partial charge in [0, 0.05) is 24.5 Å². The summed E-state index contributed by atoms with van der Waals surface area (Å²) in [5, 5.41) is 3.64. The van der Waals surface area contributed by atoms with E-state index in [0.717, 1.165) is 17.5 Å². The number of nitrogens with one attached hydrogen (secondary N) is 1. The third-order valence-corrected chi connectivity index (χ3v) is 6.17. The predicted octanol–water partition coefficient (Wildman–Crippen LogP) is 5.69. The summed E-state index contributed by atoms with van der Waals surface area (Å²) >= 11 is 6.08. The molecule has 0 saturated carbocycles. The number of hydrogen-bond donors (Lipinski definition) is 1. The van der Waals surface area contributed by atoms with Crippen molar-refractivity contribution < 1.29 is 14.3 Å². The maximum absolute atomic E-state index is 13.6. The highest BCUT2D eigenvalue weighted by molar-refractivity contribution is 6.30. The van der Waals surface area contributed by atoms with E-state index in [0.29, 0.717) is 29.7 Å². The first-order chi connectivity index (χ1) is 17.4. The van der Waals surface area contributed by atoms with Crippen molar-refractivity contribution in [2.24, 2.45) is 5.92 Å². The van der Waals surface area contributed by atoms with Gasteiger partial charge in [-0.2, -0.15) is 0 Å². The minimum atomic E-state index is -0.694. The van der Waals surface area contributed by atoms with E-state index in [9.17, 15) is 9.59 Å². The standard InChI is InChI=1S/C30H35ClN2O3/c1-4-23-12-16-27(17-13-23)36-21-29(34)33(20-25-10-14-26(31)15-11-25)28(30(35)32-19-22(2)3)18-24-8-6-5-7-9-24/h5-17,22,28H,4,18-21H2,1-3H3,(H,32,35). The molecule has 0 aliphatic carbocycles. The SMILES string of the molecule is CCc1ccc(OCC(=O)N(Cc2ccc(Cl)cc2)C(Cc2ccccc2)C(=O)NCC(C)C)cc1. The van der Waals surface area contributed by atoms with Crippen molar-refractivity contribution in [3.8, 4) is 5.75 Å². The third kappa shape index (κ3) is 8.42. The lowest BCUT2D eigenvalue weighted by molar-refractivity contribution is -0.142. The summed E-state index contributed by atoms with van der Waals surface area (Å²) in [5.74, 6) is 0.476. The van der Waals surface area contributed by atoms with E-state index in [1.54, 1.807) is 17.0 Å². The molecule has 0 heterocycles. The van der Waals surface area contributed by atoms with Crippen LogP contribution in [0.3, 0.4) is 0 Å². The molecule has 3 aromatic carbocycles. The van der Waals surface area contributed by atoms with Crippen LogP contribution in [0, 0.1) is 5.92 Å². The molecule has 2 amide bonds. The quantitative estimate of drug-likeness (QED) is 0.343. The predicted molar refractivity (Wildman–Crippen MR) is 145 cm³/mol. The number of hydrogen-bond acceptors (Lipinski definition) is 3. The Kier molecular flexibility index (Phi) is 10.4. The Balaban J connectivity index is 1.87. The van der Waals surface area contributed by atoms with Gasteiger partial charge in [-0.15, -0.1) is 0 Å². The van der Waals surface area contributed by atoms with Crippen LogP contribution in [0.25, 0.3) is 0 Å². The van der Waals surface area contributed by atoms with Gasteiger partial charge in [-0.25, -0.2) is 0 Å². The van der Waals surface area contributed by atoms with Gasteiger partial charge in [0.15, 0.2) is 6.61 Å². The Labute approximate surface area is 219 Å². The van der Waals surface area contributed by atoms with Gasteiger partial charge in [0.2, 0.25) is 5.91 Å². The van der Waals surface area contributed by atoms with Gasteiger partial charge in [0.25, 0.3) is 5.91 Å². The number of amides is 2. The highest BCUT2D eigenvalue weighted by atomic mass is 35.5. The van der Waals surface area contributed by atoms with Gasteiger partial charge in [0.05, 0.1) is 0 Å². The monoisotopic (exact) mass is 506 g/mol. The molecule has 0 aromatic heterocycles. The molecule has 0 radical (unpaired) electrons. The van der Waals surface area contributed by atoms with Crippen molar-refractivity contribution in [1.82, 2.24) is 10.2 Å². The summed E-state index contributed by atoms with van der Waals surface area (Å²) in [5.41, 5.74) is 3.06. The maximum Gasteiger partial charge on any atom is 0.261 e. The second-order valence-electron chi connectivity index (χ2n) is 9.28. The second-order valence-corrected chi connectivity index (χ2v) is 9.72. The summed E-state index contributed by atoms with van der Waals surface area (Å²) in [7, 11) is 0. The van der Waals surface area contributed by atoms with Crippen molar-refractivity contribution >= 4 is 23.4 Å². The number of halogens is 1. The minimum Gasteiger partial charge on any atom is -0.484 e. The van der Waals surface area contributed by atoms with Crippen LogP contribution < -0.4 is 10.1 Å².